The van der Waals surface area contributed by atoms with Gasteiger partial charge in [-0.2, -0.15) is 0 Å². The number of methoxy groups -OCH3 is 1. The summed E-state index contributed by atoms with van der Waals surface area (Å²) >= 11 is 6.28. The molecule has 0 radical (unpaired) electrons. The van der Waals surface area contributed by atoms with Crippen molar-refractivity contribution in [2.45, 2.75) is 39.2 Å². The fraction of sp³-hybridized carbons (Fsp3) is 0.286. The number of aromatic nitrogens is 1. The van der Waals surface area contributed by atoms with Crippen LogP contribution < -0.4 is 9.47 Å². The number of hydrogen-bond acceptors (Lipinski definition) is 6. The van der Waals surface area contributed by atoms with Gasteiger partial charge in [0, 0.05) is 28.8 Å². The molecule has 3 aromatic carbocycles. The van der Waals surface area contributed by atoms with Gasteiger partial charge in [0.25, 0.3) is 0 Å². The van der Waals surface area contributed by atoms with Crippen LogP contribution in [0.3, 0.4) is 0 Å². The van der Waals surface area contributed by atoms with E-state index in [-0.39, 0.29) is 12.1 Å². The van der Waals surface area contributed by atoms with Crippen molar-refractivity contribution in [2.24, 2.45) is 0 Å². The molecule has 0 bridgehead atoms. The van der Waals surface area contributed by atoms with E-state index in [0.29, 0.717) is 47.9 Å². The highest BCUT2D eigenvalue weighted by atomic mass is 35.5. The lowest BCUT2D eigenvalue weighted by molar-refractivity contribution is -0.140. The predicted octanol–water partition coefficient (Wildman–Crippen LogP) is 6.80. The highest BCUT2D eigenvalue weighted by Gasteiger charge is 2.17. The van der Waals surface area contributed by atoms with Gasteiger partial charge in [-0.15, -0.1) is 0 Å². The number of ether oxygens (including phenoxy) is 3. The van der Waals surface area contributed by atoms with Gasteiger partial charge in [0.1, 0.15) is 17.2 Å². The quantitative estimate of drug-likeness (QED) is 0.226. The van der Waals surface area contributed by atoms with Crippen LogP contribution in [0.1, 0.15) is 30.9 Å². The Morgan fingerprint density at radius 2 is 1.94 bits per heavy atom. The second kappa shape index (κ2) is 11.3. The van der Waals surface area contributed by atoms with Crippen LogP contribution in [0.5, 0.6) is 11.5 Å². The van der Waals surface area contributed by atoms with Crippen molar-refractivity contribution in [1.29, 1.82) is 0 Å². The lowest BCUT2D eigenvalue weighted by Crippen LogP contribution is -2.16. The average molecular weight is 494 g/mol. The summed E-state index contributed by atoms with van der Waals surface area (Å²) in [5.41, 5.74) is 4.38. The SMILES string of the molecule is COC(=O)CCc1ccc(OCCC(C)Oc2ccc(Cl)cc2-c2noc3ccccc23)cc1C. The fourth-order valence-electron chi connectivity index (χ4n) is 3.87. The Hall–Kier alpha value is -3.51. The zero-order chi connectivity index (χ0) is 24.8. The maximum Gasteiger partial charge on any atom is 0.305 e. The molecule has 6 nitrogen and oxygen atoms in total. The van der Waals surface area contributed by atoms with Crippen LogP contribution in [0.4, 0.5) is 0 Å². The Kier molecular flexibility index (Phi) is 7.93. The topological polar surface area (TPSA) is 70.8 Å². The van der Waals surface area contributed by atoms with E-state index < -0.39 is 0 Å². The van der Waals surface area contributed by atoms with Crippen molar-refractivity contribution in [1.82, 2.24) is 5.16 Å². The number of para-hydroxylation sites is 1. The first-order chi connectivity index (χ1) is 16.9. The van der Waals surface area contributed by atoms with Gasteiger partial charge >= 0.3 is 5.97 Å². The molecule has 0 fully saturated rings. The lowest BCUT2D eigenvalue weighted by atomic mass is 10.0. The molecule has 0 amide bonds. The van der Waals surface area contributed by atoms with Crippen molar-refractivity contribution in [2.75, 3.05) is 13.7 Å². The Labute approximate surface area is 209 Å². The molecule has 1 unspecified atom stereocenters. The molecule has 0 spiro atoms. The standard InChI is InChI=1S/C28H28ClNO5/c1-18-16-22(11-8-20(18)9-13-27(31)32-3)33-15-14-19(2)34-25-12-10-21(29)17-24(25)28-23-6-4-5-7-26(23)35-30-28/h4-8,10-12,16-17,19H,9,13-15H2,1-3H3. The molecule has 0 saturated heterocycles. The summed E-state index contributed by atoms with van der Waals surface area (Å²) in [6, 6.07) is 19.1. The number of esters is 1. The van der Waals surface area contributed by atoms with Crippen LogP contribution in [0.15, 0.2) is 65.2 Å². The molecule has 0 aliphatic heterocycles. The Balaban J connectivity index is 1.37. The minimum Gasteiger partial charge on any atom is -0.493 e. The van der Waals surface area contributed by atoms with Crippen molar-refractivity contribution in [3.63, 3.8) is 0 Å². The number of hydrogen-bond donors (Lipinski definition) is 0. The van der Waals surface area contributed by atoms with E-state index >= 15 is 0 Å². The second-order valence-corrected chi connectivity index (χ2v) is 8.83. The maximum absolute atomic E-state index is 11.4. The van der Waals surface area contributed by atoms with Crippen molar-refractivity contribution >= 4 is 28.5 Å². The van der Waals surface area contributed by atoms with Crippen molar-refractivity contribution < 1.29 is 23.5 Å². The molecule has 0 N–H and O–H groups in total. The summed E-state index contributed by atoms with van der Waals surface area (Å²) < 4.78 is 22.4. The van der Waals surface area contributed by atoms with E-state index in [0.717, 1.165) is 27.8 Å². The number of fused-ring (bicyclic) bond motifs is 1. The predicted molar refractivity (Wildman–Crippen MR) is 136 cm³/mol. The largest absolute Gasteiger partial charge is 0.493 e. The molecule has 182 valence electrons. The number of carbonyl (C=O) groups excluding carboxylic acids is 1. The van der Waals surface area contributed by atoms with Crippen LogP contribution >= 0.6 is 11.6 Å². The van der Waals surface area contributed by atoms with Gasteiger partial charge in [0.2, 0.25) is 0 Å². The number of rotatable bonds is 10. The highest BCUT2D eigenvalue weighted by molar-refractivity contribution is 6.31. The second-order valence-electron chi connectivity index (χ2n) is 8.40. The summed E-state index contributed by atoms with van der Waals surface area (Å²) in [5.74, 6) is 1.27. The molecular weight excluding hydrogens is 466 g/mol. The van der Waals surface area contributed by atoms with E-state index in [2.05, 4.69) is 5.16 Å². The molecule has 0 aliphatic rings. The van der Waals surface area contributed by atoms with E-state index in [1.807, 2.05) is 68.4 Å². The summed E-state index contributed by atoms with van der Waals surface area (Å²) in [5, 5.41) is 5.76. The summed E-state index contributed by atoms with van der Waals surface area (Å²) in [6.45, 7) is 4.52. The number of nitrogens with zero attached hydrogens (tertiary/aromatic N) is 1. The molecule has 4 rings (SSSR count). The molecular formula is C28H28ClNO5. The minimum atomic E-state index is -0.209. The third-order valence-corrected chi connectivity index (χ3v) is 6.07. The smallest absolute Gasteiger partial charge is 0.305 e. The van der Waals surface area contributed by atoms with Crippen molar-refractivity contribution in [3.8, 4) is 22.8 Å². The zero-order valence-corrected chi connectivity index (χ0v) is 20.8. The van der Waals surface area contributed by atoms with Crippen LogP contribution in [0, 0.1) is 6.92 Å². The van der Waals surface area contributed by atoms with Gasteiger partial charge in [0.15, 0.2) is 5.58 Å². The van der Waals surface area contributed by atoms with Crippen LogP contribution in [0.2, 0.25) is 5.02 Å². The number of carbonyl (C=O) groups is 1. The van der Waals surface area contributed by atoms with E-state index in [4.69, 9.17) is 30.3 Å². The molecule has 1 aromatic heterocycles. The first kappa shape index (κ1) is 24.6. The summed E-state index contributed by atoms with van der Waals surface area (Å²) in [7, 11) is 1.40. The van der Waals surface area contributed by atoms with Crippen LogP contribution in [-0.4, -0.2) is 30.9 Å². The molecule has 4 aromatic rings. The third kappa shape index (κ3) is 6.14. The van der Waals surface area contributed by atoms with E-state index in [1.165, 1.54) is 7.11 Å². The average Bonchev–Trinajstić information content (AvgIpc) is 3.28. The van der Waals surface area contributed by atoms with Crippen molar-refractivity contribution in [3.05, 3.63) is 76.8 Å². The van der Waals surface area contributed by atoms with Gasteiger partial charge in [-0.05, 0) is 73.9 Å². The first-order valence-electron chi connectivity index (χ1n) is 11.5. The monoisotopic (exact) mass is 493 g/mol. The van der Waals surface area contributed by atoms with Gasteiger partial charge in [-0.1, -0.05) is 35.0 Å². The molecule has 0 aliphatic carbocycles. The van der Waals surface area contributed by atoms with Gasteiger partial charge < -0.3 is 18.7 Å². The van der Waals surface area contributed by atoms with Gasteiger partial charge in [0.05, 0.1) is 19.8 Å². The van der Waals surface area contributed by atoms with Gasteiger partial charge in [-0.3, -0.25) is 4.79 Å². The number of halogens is 1. The maximum atomic E-state index is 11.4. The van der Waals surface area contributed by atoms with E-state index in [1.54, 1.807) is 6.07 Å². The normalized spacial score (nSPS) is 11.9. The first-order valence-corrected chi connectivity index (χ1v) is 11.9. The minimum absolute atomic E-state index is 0.103. The number of benzene rings is 3. The number of aryl methyl sites for hydroxylation is 2. The highest BCUT2D eigenvalue weighted by Crippen LogP contribution is 2.36. The fourth-order valence-corrected chi connectivity index (χ4v) is 4.04. The third-order valence-electron chi connectivity index (χ3n) is 5.84. The zero-order valence-electron chi connectivity index (χ0n) is 20.0. The molecule has 7 heteroatoms. The Morgan fingerprint density at radius 1 is 1.11 bits per heavy atom. The molecule has 1 heterocycles. The summed E-state index contributed by atoms with van der Waals surface area (Å²) in [4.78, 5) is 11.4. The summed E-state index contributed by atoms with van der Waals surface area (Å²) in [6.07, 6.45) is 1.59. The van der Waals surface area contributed by atoms with Crippen LogP contribution in [-0.2, 0) is 16.0 Å². The molecule has 0 saturated carbocycles. The molecule has 35 heavy (non-hydrogen) atoms. The van der Waals surface area contributed by atoms with Gasteiger partial charge in [-0.25, -0.2) is 0 Å². The van der Waals surface area contributed by atoms with E-state index in [9.17, 15) is 4.79 Å². The van der Waals surface area contributed by atoms with Crippen LogP contribution in [0.25, 0.3) is 22.2 Å². The Morgan fingerprint density at radius 3 is 2.74 bits per heavy atom. The lowest BCUT2D eigenvalue weighted by Gasteiger charge is -2.18. The Bertz CT molecular complexity index is 1320. The molecule has 1 atom stereocenters.